The van der Waals surface area contributed by atoms with E-state index in [1.807, 2.05) is 25.1 Å². The van der Waals surface area contributed by atoms with Crippen LogP contribution in [-0.4, -0.2) is 23.5 Å². The van der Waals surface area contributed by atoms with Crippen molar-refractivity contribution in [3.8, 4) is 0 Å². The van der Waals surface area contributed by atoms with Gasteiger partial charge >= 0.3 is 5.97 Å². The van der Waals surface area contributed by atoms with Gasteiger partial charge in [0.15, 0.2) is 0 Å². The minimum atomic E-state index is -0.743. The standard InChI is InChI=1S/C16H22BrNO3/c1-12-7-8-13(10-14(12)17)11-15(19)18-9-5-3-2-4-6-16(20)21/h7-8,10H,2-6,9,11H2,1H3,(H,18,19)(H,20,21). The number of aryl methyl sites for hydroxylation is 1. The smallest absolute Gasteiger partial charge is 0.303 e. The van der Waals surface area contributed by atoms with Gasteiger partial charge in [-0.1, -0.05) is 40.9 Å². The number of carbonyl (C=O) groups is 2. The molecule has 21 heavy (non-hydrogen) atoms. The molecule has 1 aromatic rings. The number of carbonyl (C=O) groups excluding carboxylic acids is 1. The molecule has 2 N–H and O–H groups in total. The summed E-state index contributed by atoms with van der Waals surface area (Å²) in [5.74, 6) is -0.719. The second-order valence-corrected chi connectivity index (χ2v) is 6.02. The first-order chi connectivity index (χ1) is 9.99. The van der Waals surface area contributed by atoms with Gasteiger partial charge in [-0.3, -0.25) is 9.59 Å². The SMILES string of the molecule is Cc1ccc(CC(=O)NCCCCCCC(=O)O)cc1Br. The van der Waals surface area contributed by atoms with Gasteiger partial charge in [0.1, 0.15) is 0 Å². The van der Waals surface area contributed by atoms with Crippen molar-refractivity contribution in [3.05, 3.63) is 33.8 Å². The van der Waals surface area contributed by atoms with E-state index in [0.29, 0.717) is 19.4 Å². The summed E-state index contributed by atoms with van der Waals surface area (Å²) in [7, 11) is 0. The fraction of sp³-hybridized carbons (Fsp3) is 0.500. The lowest BCUT2D eigenvalue weighted by Gasteiger charge is -2.06. The summed E-state index contributed by atoms with van der Waals surface area (Å²) in [5.41, 5.74) is 2.15. The molecule has 1 aromatic carbocycles. The maximum Gasteiger partial charge on any atom is 0.303 e. The molecule has 4 nitrogen and oxygen atoms in total. The molecule has 0 atom stereocenters. The van der Waals surface area contributed by atoms with Gasteiger partial charge in [0.25, 0.3) is 0 Å². The maximum atomic E-state index is 11.8. The molecule has 0 saturated carbocycles. The van der Waals surface area contributed by atoms with Crippen LogP contribution in [0, 0.1) is 6.92 Å². The zero-order valence-electron chi connectivity index (χ0n) is 12.3. The lowest BCUT2D eigenvalue weighted by atomic mass is 10.1. The highest BCUT2D eigenvalue weighted by molar-refractivity contribution is 9.10. The van der Waals surface area contributed by atoms with E-state index in [4.69, 9.17) is 5.11 Å². The minimum absolute atomic E-state index is 0.0243. The van der Waals surface area contributed by atoms with Crippen molar-refractivity contribution in [1.82, 2.24) is 5.32 Å². The largest absolute Gasteiger partial charge is 0.481 e. The van der Waals surface area contributed by atoms with Crippen LogP contribution in [0.2, 0.25) is 0 Å². The van der Waals surface area contributed by atoms with Crippen LogP contribution in [0.5, 0.6) is 0 Å². The fourth-order valence-electron chi connectivity index (χ4n) is 1.98. The van der Waals surface area contributed by atoms with E-state index in [0.717, 1.165) is 34.9 Å². The molecular formula is C16H22BrNO3. The third-order valence-corrected chi connectivity index (χ3v) is 4.09. The van der Waals surface area contributed by atoms with E-state index in [-0.39, 0.29) is 12.3 Å². The Hall–Kier alpha value is -1.36. The molecular weight excluding hydrogens is 334 g/mol. The first-order valence-corrected chi connectivity index (χ1v) is 8.02. The van der Waals surface area contributed by atoms with Crippen LogP contribution in [0.3, 0.4) is 0 Å². The Bertz CT molecular complexity index is 488. The highest BCUT2D eigenvalue weighted by Gasteiger charge is 2.04. The van der Waals surface area contributed by atoms with Gasteiger partial charge in [-0.25, -0.2) is 0 Å². The van der Waals surface area contributed by atoms with Gasteiger partial charge in [-0.2, -0.15) is 0 Å². The molecule has 5 heteroatoms. The predicted molar refractivity (Wildman–Crippen MR) is 86.3 cm³/mol. The topological polar surface area (TPSA) is 66.4 Å². The third-order valence-electron chi connectivity index (χ3n) is 3.24. The first-order valence-electron chi connectivity index (χ1n) is 7.22. The van der Waals surface area contributed by atoms with Gasteiger partial charge in [0, 0.05) is 17.4 Å². The molecule has 0 aliphatic carbocycles. The summed E-state index contributed by atoms with van der Waals surface area (Å²) in [4.78, 5) is 22.1. The van der Waals surface area contributed by atoms with Crippen LogP contribution in [-0.2, 0) is 16.0 Å². The number of nitrogens with one attached hydrogen (secondary N) is 1. The third kappa shape index (κ3) is 7.85. The molecule has 1 amide bonds. The zero-order valence-corrected chi connectivity index (χ0v) is 13.9. The Balaban J connectivity index is 2.14. The Morgan fingerprint density at radius 2 is 1.90 bits per heavy atom. The van der Waals surface area contributed by atoms with Crippen molar-refractivity contribution in [3.63, 3.8) is 0 Å². The van der Waals surface area contributed by atoms with Crippen molar-refractivity contribution >= 4 is 27.8 Å². The number of unbranched alkanes of at least 4 members (excludes halogenated alkanes) is 3. The van der Waals surface area contributed by atoms with Crippen molar-refractivity contribution in [2.75, 3.05) is 6.54 Å². The molecule has 0 aromatic heterocycles. The van der Waals surface area contributed by atoms with Gasteiger partial charge in [-0.15, -0.1) is 0 Å². The number of carboxylic acid groups (broad SMARTS) is 1. The molecule has 0 heterocycles. The lowest BCUT2D eigenvalue weighted by molar-refractivity contribution is -0.137. The van der Waals surface area contributed by atoms with Crippen LogP contribution in [0.25, 0.3) is 0 Å². The van der Waals surface area contributed by atoms with Gasteiger partial charge in [-0.05, 0) is 37.0 Å². The number of amides is 1. The second-order valence-electron chi connectivity index (χ2n) is 5.17. The molecule has 0 aliphatic rings. The number of hydrogen-bond acceptors (Lipinski definition) is 2. The number of benzene rings is 1. The van der Waals surface area contributed by atoms with Crippen molar-refractivity contribution in [1.29, 1.82) is 0 Å². The number of halogens is 1. The number of rotatable bonds is 9. The molecule has 0 aliphatic heterocycles. The zero-order chi connectivity index (χ0) is 15.7. The quantitative estimate of drug-likeness (QED) is 0.666. The first kappa shape index (κ1) is 17.7. The number of hydrogen-bond donors (Lipinski definition) is 2. The van der Waals surface area contributed by atoms with Crippen LogP contribution in [0.1, 0.15) is 43.2 Å². The Morgan fingerprint density at radius 3 is 2.57 bits per heavy atom. The Kier molecular flexibility index (Phi) is 8.05. The Labute approximate surface area is 134 Å². The fourth-order valence-corrected chi connectivity index (χ4v) is 2.40. The molecule has 0 fully saturated rings. The molecule has 0 unspecified atom stereocenters. The van der Waals surface area contributed by atoms with E-state index < -0.39 is 5.97 Å². The summed E-state index contributed by atoms with van der Waals surface area (Å²) in [5, 5.41) is 11.4. The molecule has 116 valence electrons. The minimum Gasteiger partial charge on any atom is -0.481 e. The molecule has 0 radical (unpaired) electrons. The predicted octanol–water partition coefficient (Wildman–Crippen LogP) is 3.45. The summed E-state index contributed by atoms with van der Waals surface area (Å²) in [6, 6.07) is 5.93. The van der Waals surface area contributed by atoms with Crippen LogP contribution >= 0.6 is 15.9 Å². The van der Waals surface area contributed by atoms with Gasteiger partial charge in [0.05, 0.1) is 6.42 Å². The van der Waals surface area contributed by atoms with Crippen molar-refractivity contribution in [2.45, 2.75) is 45.4 Å². The highest BCUT2D eigenvalue weighted by Crippen LogP contribution is 2.17. The van der Waals surface area contributed by atoms with E-state index in [9.17, 15) is 9.59 Å². The molecule has 0 spiro atoms. The van der Waals surface area contributed by atoms with Gasteiger partial charge < -0.3 is 10.4 Å². The number of aliphatic carboxylic acids is 1. The van der Waals surface area contributed by atoms with E-state index >= 15 is 0 Å². The highest BCUT2D eigenvalue weighted by atomic mass is 79.9. The molecule has 1 rings (SSSR count). The summed E-state index contributed by atoms with van der Waals surface area (Å²) >= 11 is 3.46. The average Bonchev–Trinajstić information content (AvgIpc) is 2.41. The summed E-state index contributed by atoms with van der Waals surface area (Å²) in [6.45, 7) is 2.66. The van der Waals surface area contributed by atoms with E-state index in [1.54, 1.807) is 0 Å². The second kappa shape index (κ2) is 9.55. The van der Waals surface area contributed by atoms with Gasteiger partial charge in [0.2, 0.25) is 5.91 Å². The van der Waals surface area contributed by atoms with Crippen molar-refractivity contribution < 1.29 is 14.7 Å². The lowest BCUT2D eigenvalue weighted by Crippen LogP contribution is -2.26. The Morgan fingerprint density at radius 1 is 1.19 bits per heavy atom. The molecule has 0 saturated heterocycles. The summed E-state index contributed by atoms with van der Waals surface area (Å²) < 4.78 is 1.02. The average molecular weight is 356 g/mol. The van der Waals surface area contributed by atoms with Crippen molar-refractivity contribution in [2.24, 2.45) is 0 Å². The van der Waals surface area contributed by atoms with E-state index in [1.165, 1.54) is 0 Å². The van der Waals surface area contributed by atoms with Crippen LogP contribution < -0.4 is 5.32 Å². The van der Waals surface area contributed by atoms with Crippen LogP contribution in [0.15, 0.2) is 22.7 Å². The molecule has 0 bridgehead atoms. The van der Waals surface area contributed by atoms with Crippen LogP contribution in [0.4, 0.5) is 0 Å². The van der Waals surface area contributed by atoms with E-state index in [2.05, 4.69) is 21.2 Å². The maximum absolute atomic E-state index is 11.8. The monoisotopic (exact) mass is 355 g/mol. The normalized spacial score (nSPS) is 10.4. The summed E-state index contributed by atoms with van der Waals surface area (Å²) in [6.07, 6.45) is 4.06. The number of carboxylic acids is 1.